The molecule has 0 aliphatic heterocycles. The number of methoxy groups -OCH3 is 1. The number of hydrogen-bond acceptors (Lipinski definition) is 3. The molecule has 0 saturated heterocycles. The maximum absolute atomic E-state index is 11.9. The molecule has 0 radical (unpaired) electrons. The number of carbonyl (C=O) groups is 2. The minimum Gasteiger partial charge on any atom is -0.469 e. The van der Waals surface area contributed by atoms with Crippen molar-refractivity contribution in [3.8, 4) is 0 Å². The van der Waals surface area contributed by atoms with Crippen molar-refractivity contribution in [2.24, 2.45) is 11.8 Å². The molecule has 4 heteroatoms. The molecule has 0 aromatic carbocycles. The summed E-state index contributed by atoms with van der Waals surface area (Å²) in [6.07, 6.45) is 5.48. The van der Waals surface area contributed by atoms with Crippen LogP contribution in [0, 0.1) is 11.8 Å². The van der Waals surface area contributed by atoms with Crippen molar-refractivity contribution in [3.63, 3.8) is 0 Å². The summed E-state index contributed by atoms with van der Waals surface area (Å²) in [6.45, 7) is 2.23. The van der Waals surface area contributed by atoms with E-state index in [1.165, 1.54) is 32.8 Å². The summed E-state index contributed by atoms with van der Waals surface area (Å²) in [5.74, 6) is 0.189. The van der Waals surface area contributed by atoms with Crippen LogP contribution in [0.3, 0.4) is 0 Å². The Hall–Kier alpha value is -1.06. The van der Waals surface area contributed by atoms with Gasteiger partial charge in [-0.2, -0.15) is 0 Å². The highest BCUT2D eigenvalue weighted by Gasteiger charge is 2.23. The molecule has 98 valence electrons. The summed E-state index contributed by atoms with van der Waals surface area (Å²) in [6, 6.07) is 0. The average molecular weight is 241 g/mol. The summed E-state index contributed by atoms with van der Waals surface area (Å²) in [4.78, 5) is 24.8. The van der Waals surface area contributed by atoms with E-state index in [1.807, 2.05) is 0 Å². The Bertz CT molecular complexity index is 272. The van der Waals surface area contributed by atoms with E-state index in [2.05, 4.69) is 4.74 Å². The Labute approximate surface area is 103 Å². The number of rotatable bonds is 5. The maximum atomic E-state index is 11.9. The first-order chi connectivity index (χ1) is 8.04. The molecule has 0 aromatic rings. The fraction of sp³-hybridized carbons (Fsp3) is 0.846. The molecule has 0 spiro atoms. The molecule has 1 saturated carbocycles. The SMILES string of the molecule is COC(=O)C(C)CN(C)C(=O)CC1CCCC1. The Morgan fingerprint density at radius 2 is 1.94 bits per heavy atom. The van der Waals surface area contributed by atoms with Crippen LogP contribution < -0.4 is 0 Å². The summed E-state index contributed by atoms with van der Waals surface area (Å²) in [5.41, 5.74) is 0. The van der Waals surface area contributed by atoms with E-state index in [9.17, 15) is 9.59 Å². The summed E-state index contributed by atoms with van der Waals surface area (Å²) in [5, 5.41) is 0. The second-order valence-electron chi connectivity index (χ2n) is 5.05. The molecular formula is C13H23NO3. The first kappa shape index (κ1) is 14.0. The third kappa shape index (κ3) is 4.36. The predicted molar refractivity (Wildman–Crippen MR) is 65.4 cm³/mol. The zero-order valence-electron chi connectivity index (χ0n) is 11.1. The van der Waals surface area contributed by atoms with E-state index in [4.69, 9.17) is 0 Å². The van der Waals surface area contributed by atoms with Gasteiger partial charge in [0.25, 0.3) is 0 Å². The molecule has 1 unspecified atom stereocenters. The highest BCUT2D eigenvalue weighted by Crippen LogP contribution is 2.27. The second kappa shape index (κ2) is 6.62. The largest absolute Gasteiger partial charge is 0.469 e. The van der Waals surface area contributed by atoms with Crippen molar-refractivity contribution in [2.45, 2.75) is 39.0 Å². The molecule has 1 aliphatic rings. The standard InChI is InChI=1S/C13H23NO3/c1-10(13(16)17-3)9-14(2)12(15)8-11-6-4-5-7-11/h10-11H,4-9H2,1-3H3. The van der Waals surface area contributed by atoms with E-state index in [1.54, 1.807) is 18.9 Å². The zero-order chi connectivity index (χ0) is 12.8. The highest BCUT2D eigenvalue weighted by molar-refractivity contribution is 5.77. The van der Waals surface area contributed by atoms with Crippen molar-refractivity contribution >= 4 is 11.9 Å². The van der Waals surface area contributed by atoms with E-state index in [0.717, 1.165) is 0 Å². The van der Waals surface area contributed by atoms with Crippen molar-refractivity contribution in [3.05, 3.63) is 0 Å². The minimum atomic E-state index is -0.259. The number of esters is 1. The van der Waals surface area contributed by atoms with Gasteiger partial charge in [-0.3, -0.25) is 9.59 Å². The fourth-order valence-electron chi connectivity index (χ4n) is 2.41. The van der Waals surface area contributed by atoms with Crippen molar-refractivity contribution in [2.75, 3.05) is 20.7 Å². The molecule has 1 rings (SSSR count). The topological polar surface area (TPSA) is 46.6 Å². The van der Waals surface area contributed by atoms with Crippen LogP contribution in [-0.4, -0.2) is 37.5 Å². The summed E-state index contributed by atoms with van der Waals surface area (Å²) in [7, 11) is 3.13. The number of ether oxygens (including phenoxy) is 1. The molecule has 0 aromatic heterocycles. The van der Waals surface area contributed by atoms with Gasteiger partial charge in [0.1, 0.15) is 0 Å². The van der Waals surface area contributed by atoms with Crippen LogP contribution >= 0.6 is 0 Å². The van der Waals surface area contributed by atoms with E-state index < -0.39 is 0 Å². The molecule has 0 N–H and O–H groups in total. The van der Waals surface area contributed by atoms with Gasteiger partial charge in [-0.15, -0.1) is 0 Å². The predicted octanol–water partition coefficient (Wildman–Crippen LogP) is 1.83. The van der Waals surface area contributed by atoms with Crippen LogP contribution in [0.15, 0.2) is 0 Å². The Morgan fingerprint density at radius 3 is 2.47 bits per heavy atom. The van der Waals surface area contributed by atoms with Gasteiger partial charge in [-0.25, -0.2) is 0 Å². The number of nitrogens with zero attached hydrogens (tertiary/aromatic N) is 1. The first-order valence-electron chi connectivity index (χ1n) is 6.36. The van der Waals surface area contributed by atoms with Gasteiger partial charge in [-0.05, 0) is 18.8 Å². The molecule has 1 fully saturated rings. The Morgan fingerprint density at radius 1 is 1.35 bits per heavy atom. The number of hydrogen-bond donors (Lipinski definition) is 0. The van der Waals surface area contributed by atoms with Gasteiger partial charge in [0.15, 0.2) is 0 Å². The monoisotopic (exact) mass is 241 g/mol. The van der Waals surface area contributed by atoms with Crippen LogP contribution in [0.5, 0.6) is 0 Å². The lowest BCUT2D eigenvalue weighted by molar-refractivity contribution is -0.146. The molecule has 0 heterocycles. The van der Waals surface area contributed by atoms with Gasteiger partial charge in [0.2, 0.25) is 5.91 Å². The van der Waals surface area contributed by atoms with E-state index >= 15 is 0 Å². The van der Waals surface area contributed by atoms with E-state index in [-0.39, 0.29) is 17.8 Å². The van der Waals surface area contributed by atoms with Gasteiger partial charge in [0, 0.05) is 20.0 Å². The van der Waals surface area contributed by atoms with Crippen LogP contribution in [0.1, 0.15) is 39.0 Å². The van der Waals surface area contributed by atoms with Gasteiger partial charge >= 0.3 is 5.97 Å². The lowest BCUT2D eigenvalue weighted by Crippen LogP contribution is -2.34. The Kier molecular flexibility index (Phi) is 5.45. The average Bonchev–Trinajstić information content (AvgIpc) is 2.80. The molecule has 1 amide bonds. The molecule has 1 atom stereocenters. The third-order valence-electron chi connectivity index (χ3n) is 3.52. The molecule has 17 heavy (non-hydrogen) atoms. The zero-order valence-corrected chi connectivity index (χ0v) is 11.1. The smallest absolute Gasteiger partial charge is 0.310 e. The van der Waals surface area contributed by atoms with Gasteiger partial charge in [0.05, 0.1) is 13.0 Å². The van der Waals surface area contributed by atoms with Crippen molar-refractivity contribution in [1.29, 1.82) is 0 Å². The minimum absolute atomic E-state index is 0.146. The third-order valence-corrected chi connectivity index (χ3v) is 3.52. The first-order valence-corrected chi connectivity index (χ1v) is 6.36. The highest BCUT2D eigenvalue weighted by atomic mass is 16.5. The maximum Gasteiger partial charge on any atom is 0.310 e. The lowest BCUT2D eigenvalue weighted by Gasteiger charge is -2.21. The van der Waals surface area contributed by atoms with Crippen LogP contribution in [0.4, 0.5) is 0 Å². The fourth-order valence-corrected chi connectivity index (χ4v) is 2.41. The van der Waals surface area contributed by atoms with E-state index in [0.29, 0.717) is 18.9 Å². The molecule has 1 aliphatic carbocycles. The van der Waals surface area contributed by atoms with Crippen LogP contribution in [0.25, 0.3) is 0 Å². The number of amides is 1. The van der Waals surface area contributed by atoms with Crippen LogP contribution in [-0.2, 0) is 14.3 Å². The number of carbonyl (C=O) groups excluding carboxylic acids is 2. The van der Waals surface area contributed by atoms with Crippen LogP contribution in [0.2, 0.25) is 0 Å². The summed E-state index contributed by atoms with van der Waals surface area (Å²) >= 11 is 0. The second-order valence-corrected chi connectivity index (χ2v) is 5.05. The van der Waals surface area contributed by atoms with Gasteiger partial charge in [-0.1, -0.05) is 19.8 Å². The molecule has 4 nitrogen and oxygen atoms in total. The quantitative estimate of drug-likeness (QED) is 0.690. The van der Waals surface area contributed by atoms with Crippen molar-refractivity contribution in [1.82, 2.24) is 4.90 Å². The van der Waals surface area contributed by atoms with Gasteiger partial charge < -0.3 is 9.64 Å². The summed E-state index contributed by atoms with van der Waals surface area (Å²) < 4.78 is 4.65. The molecule has 0 bridgehead atoms. The lowest BCUT2D eigenvalue weighted by atomic mass is 10.0. The normalized spacial score (nSPS) is 17.8. The Balaban J connectivity index is 2.32. The van der Waals surface area contributed by atoms with Crippen molar-refractivity contribution < 1.29 is 14.3 Å². The molecular weight excluding hydrogens is 218 g/mol.